The summed E-state index contributed by atoms with van der Waals surface area (Å²) < 4.78 is 14.6. The molecule has 2 aromatic rings. The van der Waals surface area contributed by atoms with E-state index in [2.05, 4.69) is 45.7 Å². The Kier molecular flexibility index (Phi) is 5.91. The Labute approximate surface area is 174 Å². The van der Waals surface area contributed by atoms with Gasteiger partial charge in [0.05, 0.1) is 25.3 Å². The van der Waals surface area contributed by atoms with Crippen LogP contribution in [0, 0.1) is 5.92 Å². The highest BCUT2D eigenvalue weighted by Crippen LogP contribution is 2.40. The average molecular weight is 398 g/mol. The van der Waals surface area contributed by atoms with E-state index in [1.807, 2.05) is 0 Å². The lowest BCUT2D eigenvalue weighted by atomic mass is 9.88. The molecular formula is C24H35N3O2. The minimum absolute atomic E-state index is 0.181. The summed E-state index contributed by atoms with van der Waals surface area (Å²) in [5.41, 5.74) is 4.49. The Morgan fingerprint density at radius 3 is 2.86 bits per heavy atom. The number of para-hydroxylation sites is 1. The first-order valence-corrected chi connectivity index (χ1v) is 11.5. The van der Waals surface area contributed by atoms with Crippen LogP contribution in [0.25, 0.3) is 10.9 Å². The van der Waals surface area contributed by atoms with Crippen molar-refractivity contribution in [3.63, 3.8) is 0 Å². The first kappa shape index (κ1) is 19.6. The molecule has 4 heterocycles. The molecule has 5 nitrogen and oxygen atoms in total. The molecule has 1 aromatic carbocycles. The molecule has 158 valence electrons. The topological polar surface area (TPSA) is 29.9 Å². The number of fused-ring (bicyclic) bond motifs is 4. The van der Waals surface area contributed by atoms with E-state index in [1.54, 1.807) is 11.3 Å². The molecule has 5 heteroatoms. The van der Waals surface area contributed by atoms with Crippen LogP contribution < -0.4 is 0 Å². The number of nitrogens with zero attached hydrogens (tertiary/aromatic N) is 3. The maximum Gasteiger partial charge on any atom is 0.134 e. The number of morpholine rings is 1. The monoisotopic (exact) mass is 397 g/mol. The van der Waals surface area contributed by atoms with Gasteiger partial charge in [0, 0.05) is 37.3 Å². The lowest BCUT2D eigenvalue weighted by Crippen LogP contribution is -2.39. The fourth-order valence-electron chi connectivity index (χ4n) is 5.53. The number of hydrogen-bond acceptors (Lipinski definition) is 4. The first-order chi connectivity index (χ1) is 14.3. The minimum Gasteiger partial charge on any atom is -0.379 e. The van der Waals surface area contributed by atoms with Crippen LogP contribution in [0.4, 0.5) is 0 Å². The quantitative estimate of drug-likeness (QED) is 0.792. The minimum atomic E-state index is 0.181. The Morgan fingerprint density at radius 1 is 1.10 bits per heavy atom. The molecule has 2 bridgehead atoms. The van der Waals surface area contributed by atoms with E-state index < -0.39 is 0 Å². The van der Waals surface area contributed by atoms with Crippen LogP contribution in [-0.4, -0.2) is 74.0 Å². The summed E-state index contributed by atoms with van der Waals surface area (Å²) in [5, 5.41) is 1.44. The summed E-state index contributed by atoms with van der Waals surface area (Å²) in [6.45, 7) is 7.96. The maximum atomic E-state index is 6.60. The number of rotatable bonds is 4. The standard InChI is InChI=1S/C24H35N3O2/c1-25-9-4-5-19-17-23-21(8-10-25)20-6-2-3-7-22(20)27(23)24(18-19)29-16-13-26-11-14-28-15-12-26/h2-3,6-7,19,24H,4-5,8-18H2,1H3/t19-,24-/m1/s1. The molecule has 0 N–H and O–H groups in total. The van der Waals surface area contributed by atoms with Crippen LogP contribution in [-0.2, 0) is 22.3 Å². The summed E-state index contributed by atoms with van der Waals surface area (Å²) in [6.07, 6.45) is 6.31. The molecule has 1 aromatic heterocycles. The lowest BCUT2D eigenvalue weighted by molar-refractivity contribution is -0.0420. The molecular weight excluding hydrogens is 362 g/mol. The fourth-order valence-corrected chi connectivity index (χ4v) is 5.53. The van der Waals surface area contributed by atoms with E-state index in [0.717, 1.165) is 64.8 Å². The first-order valence-electron chi connectivity index (χ1n) is 11.5. The van der Waals surface area contributed by atoms with Gasteiger partial charge < -0.3 is 18.9 Å². The van der Waals surface area contributed by atoms with E-state index in [0.29, 0.717) is 0 Å². The van der Waals surface area contributed by atoms with Gasteiger partial charge in [0.2, 0.25) is 0 Å². The van der Waals surface area contributed by atoms with Gasteiger partial charge in [0.15, 0.2) is 0 Å². The summed E-state index contributed by atoms with van der Waals surface area (Å²) in [5.74, 6) is 0.741. The van der Waals surface area contributed by atoms with Crippen LogP contribution in [0.5, 0.6) is 0 Å². The second-order valence-corrected chi connectivity index (χ2v) is 9.09. The Morgan fingerprint density at radius 2 is 1.97 bits per heavy atom. The van der Waals surface area contributed by atoms with Gasteiger partial charge in [-0.1, -0.05) is 18.2 Å². The molecule has 0 aliphatic carbocycles. The van der Waals surface area contributed by atoms with E-state index in [1.165, 1.54) is 36.7 Å². The third-order valence-electron chi connectivity index (χ3n) is 7.15. The van der Waals surface area contributed by atoms with Gasteiger partial charge in [-0.3, -0.25) is 4.90 Å². The zero-order valence-corrected chi connectivity index (χ0v) is 17.8. The lowest BCUT2D eigenvalue weighted by Gasteiger charge is -2.35. The number of likely N-dealkylation sites (N-methyl/N-ethyl adjacent to an activating group) is 1. The predicted molar refractivity (Wildman–Crippen MR) is 116 cm³/mol. The second-order valence-electron chi connectivity index (χ2n) is 9.09. The fraction of sp³-hybridized carbons (Fsp3) is 0.667. The molecule has 3 aliphatic heterocycles. The molecule has 5 rings (SSSR count). The molecule has 29 heavy (non-hydrogen) atoms. The van der Waals surface area contributed by atoms with Crippen LogP contribution in [0.2, 0.25) is 0 Å². The highest BCUT2D eigenvalue weighted by atomic mass is 16.5. The van der Waals surface area contributed by atoms with Gasteiger partial charge in [0.25, 0.3) is 0 Å². The van der Waals surface area contributed by atoms with Crippen LogP contribution in [0.3, 0.4) is 0 Å². The number of aromatic nitrogens is 1. The molecule has 0 radical (unpaired) electrons. The second kappa shape index (κ2) is 8.76. The van der Waals surface area contributed by atoms with Gasteiger partial charge >= 0.3 is 0 Å². The normalized spacial score (nSPS) is 26.7. The van der Waals surface area contributed by atoms with Crippen LogP contribution >= 0.6 is 0 Å². The third kappa shape index (κ3) is 4.11. The molecule has 0 saturated carbocycles. The van der Waals surface area contributed by atoms with E-state index in [4.69, 9.17) is 9.47 Å². The SMILES string of the molecule is CN1CCC[C@@H]2Cc3c(c4ccccc4n3[C@H](OCCN3CCOCC3)C2)CC1. The Bertz CT molecular complexity index is 827. The van der Waals surface area contributed by atoms with Crippen molar-refractivity contribution in [2.24, 2.45) is 5.92 Å². The van der Waals surface area contributed by atoms with Crippen molar-refractivity contribution in [3.8, 4) is 0 Å². The maximum absolute atomic E-state index is 6.60. The van der Waals surface area contributed by atoms with E-state index in [9.17, 15) is 0 Å². The Hall–Kier alpha value is -1.40. The van der Waals surface area contributed by atoms with Gasteiger partial charge in [-0.05, 0) is 63.2 Å². The molecule has 1 saturated heterocycles. The smallest absolute Gasteiger partial charge is 0.134 e. The molecule has 3 aliphatic rings. The van der Waals surface area contributed by atoms with E-state index in [-0.39, 0.29) is 6.23 Å². The van der Waals surface area contributed by atoms with Crippen LogP contribution in [0.15, 0.2) is 24.3 Å². The zero-order chi connectivity index (χ0) is 19.6. The highest BCUT2D eigenvalue weighted by molar-refractivity contribution is 5.86. The van der Waals surface area contributed by atoms with Gasteiger partial charge in [0.1, 0.15) is 6.23 Å². The van der Waals surface area contributed by atoms with E-state index >= 15 is 0 Å². The van der Waals surface area contributed by atoms with Crippen molar-refractivity contribution in [1.29, 1.82) is 0 Å². The molecule has 2 atom stereocenters. The van der Waals surface area contributed by atoms with Gasteiger partial charge in [-0.15, -0.1) is 0 Å². The van der Waals surface area contributed by atoms with Gasteiger partial charge in [-0.25, -0.2) is 0 Å². The molecule has 1 fully saturated rings. The highest BCUT2D eigenvalue weighted by Gasteiger charge is 2.32. The molecule has 0 spiro atoms. The largest absolute Gasteiger partial charge is 0.379 e. The van der Waals surface area contributed by atoms with Crippen molar-refractivity contribution in [2.45, 2.75) is 38.3 Å². The zero-order valence-electron chi connectivity index (χ0n) is 17.8. The van der Waals surface area contributed by atoms with Crippen molar-refractivity contribution in [1.82, 2.24) is 14.4 Å². The number of hydrogen-bond donors (Lipinski definition) is 0. The van der Waals surface area contributed by atoms with Crippen molar-refractivity contribution in [3.05, 3.63) is 35.5 Å². The van der Waals surface area contributed by atoms with Crippen molar-refractivity contribution in [2.75, 3.05) is 59.6 Å². The van der Waals surface area contributed by atoms with Crippen molar-refractivity contribution >= 4 is 10.9 Å². The average Bonchev–Trinajstić information content (AvgIpc) is 3.07. The third-order valence-corrected chi connectivity index (χ3v) is 7.15. The van der Waals surface area contributed by atoms with Crippen LogP contribution in [0.1, 0.15) is 36.7 Å². The summed E-state index contributed by atoms with van der Waals surface area (Å²) in [4.78, 5) is 4.98. The van der Waals surface area contributed by atoms with Crippen molar-refractivity contribution < 1.29 is 9.47 Å². The number of ether oxygens (including phenoxy) is 2. The predicted octanol–water partition coefficient (Wildman–Crippen LogP) is 3.32. The summed E-state index contributed by atoms with van der Waals surface area (Å²) in [6, 6.07) is 8.99. The summed E-state index contributed by atoms with van der Waals surface area (Å²) in [7, 11) is 2.28. The Balaban J connectivity index is 1.43. The molecule has 0 unspecified atom stereocenters. The number of benzene rings is 1. The summed E-state index contributed by atoms with van der Waals surface area (Å²) >= 11 is 0. The molecule has 0 amide bonds. The van der Waals surface area contributed by atoms with Gasteiger partial charge in [-0.2, -0.15) is 0 Å².